The minimum Gasteiger partial charge on any atom is -0.325 e. The normalized spacial score (nSPS) is 12.2. The van der Waals surface area contributed by atoms with E-state index >= 15 is 0 Å². The van der Waals surface area contributed by atoms with Crippen LogP contribution in [-0.2, 0) is 4.79 Å². The van der Waals surface area contributed by atoms with E-state index in [1.807, 2.05) is 13.0 Å². The number of hydrogen-bond acceptors (Lipinski definition) is 1. The van der Waals surface area contributed by atoms with Crippen molar-refractivity contribution in [1.29, 1.82) is 0 Å². The molecule has 0 fully saturated rings. The molecule has 4 heteroatoms. The summed E-state index contributed by atoms with van der Waals surface area (Å²) in [6, 6.07) is 5.41. The topological polar surface area (TPSA) is 29.1 Å². The van der Waals surface area contributed by atoms with Crippen molar-refractivity contribution in [3.05, 3.63) is 27.7 Å². The van der Waals surface area contributed by atoms with Crippen LogP contribution in [0.25, 0.3) is 0 Å². The lowest BCUT2D eigenvalue weighted by Crippen LogP contribution is -2.20. The predicted molar refractivity (Wildman–Crippen MR) is 71.9 cm³/mol. The van der Waals surface area contributed by atoms with E-state index < -0.39 is 0 Å². The average molecular weight is 305 g/mol. The maximum atomic E-state index is 11.8. The number of halogens is 2. The number of carbonyl (C=O) groups is 1. The summed E-state index contributed by atoms with van der Waals surface area (Å²) in [5, 5.41) is 3.38. The van der Waals surface area contributed by atoms with Crippen molar-refractivity contribution in [2.75, 3.05) is 5.32 Å². The van der Waals surface area contributed by atoms with Crippen molar-refractivity contribution in [1.82, 2.24) is 0 Å². The summed E-state index contributed by atoms with van der Waals surface area (Å²) in [7, 11) is 0. The van der Waals surface area contributed by atoms with Crippen LogP contribution in [0.1, 0.15) is 26.7 Å². The zero-order valence-electron chi connectivity index (χ0n) is 9.39. The maximum absolute atomic E-state index is 11.8. The van der Waals surface area contributed by atoms with E-state index in [1.54, 1.807) is 12.1 Å². The fourth-order valence-corrected chi connectivity index (χ4v) is 2.13. The Bertz CT molecular complexity index is 381. The highest BCUT2D eigenvalue weighted by molar-refractivity contribution is 9.10. The van der Waals surface area contributed by atoms with Gasteiger partial charge in [-0.1, -0.05) is 47.8 Å². The molecule has 0 aromatic heterocycles. The second-order valence-electron chi connectivity index (χ2n) is 3.80. The van der Waals surface area contributed by atoms with Crippen molar-refractivity contribution in [3.63, 3.8) is 0 Å². The molecule has 0 aliphatic rings. The van der Waals surface area contributed by atoms with E-state index in [1.165, 1.54) is 0 Å². The lowest BCUT2D eigenvalue weighted by Gasteiger charge is -2.12. The van der Waals surface area contributed by atoms with E-state index in [2.05, 4.69) is 28.2 Å². The summed E-state index contributed by atoms with van der Waals surface area (Å²) in [5.41, 5.74) is 0.665. The number of hydrogen-bond donors (Lipinski definition) is 1. The van der Waals surface area contributed by atoms with E-state index in [-0.39, 0.29) is 11.8 Å². The molecule has 0 bridgehead atoms. The van der Waals surface area contributed by atoms with Crippen molar-refractivity contribution >= 4 is 39.1 Å². The minimum atomic E-state index is 0.0183. The van der Waals surface area contributed by atoms with Crippen molar-refractivity contribution in [2.24, 2.45) is 5.92 Å². The van der Waals surface area contributed by atoms with E-state index in [9.17, 15) is 4.79 Å². The Hall–Kier alpha value is -0.540. The molecule has 0 radical (unpaired) electrons. The molecule has 0 aliphatic carbocycles. The molecule has 0 heterocycles. The number of benzene rings is 1. The van der Waals surface area contributed by atoms with E-state index in [4.69, 9.17) is 11.6 Å². The van der Waals surface area contributed by atoms with Crippen LogP contribution in [0.4, 0.5) is 5.69 Å². The van der Waals surface area contributed by atoms with Crippen LogP contribution in [0.5, 0.6) is 0 Å². The van der Waals surface area contributed by atoms with Gasteiger partial charge in [-0.15, -0.1) is 0 Å². The molecule has 0 saturated heterocycles. The Morgan fingerprint density at radius 2 is 2.25 bits per heavy atom. The standard InChI is InChI=1S/C12H15BrClNO/c1-3-4-8(2)12(16)15-11-6-5-9(13)7-10(11)14/h5-8H,3-4H2,1-2H3,(H,15,16). The van der Waals surface area contributed by atoms with Gasteiger partial charge in [0, 0.05) is 10.4 Å². The molecular formula is C12H15BrClNO. The van der Waals surface area contributed by atoms with Crippen LogP contribution in [0, 0.1) is 5.92 Å². The molecule has 1 unspecified atom stereocenters. The predicted octanol–water partition coefficient (Wildman–Crippen LogP) is 4.48. The van der Waals surface area contributed by atoms with Crippen LogP contribution in [0.2, 0.25) is 5.02 Å². The molecule has 1 N–H and O–H groups in total. The number of carbonyl (C=O) groups excluding carboxylic acids is 1. The highest BCUT2D eigenvalue weighted by Crippen LogP contribution is 2.26. The third kappa shape index (κ3) is 3.80. The Balaban J connectivity index is 2.69. The smallest absolute Gasteiger partial charge is 0.227 e. The first kappa shape index (κ1) is 13.5. The number of amides is 1. The minimum absolute atomic E-state index is 0.0183. The molecule has 1 aromatic rings. The zero-order chi connectivity index (χ0) is 12.1. The third-order valence-corrected chi connectivity index (χ3v) is 3.16. The molecule has 0 spiro atoms. The van der Waals surface area contributed by atoms with Gasteiger partial charge >= 0.3 is 0 Å². The fourth-order valence-electron chi connectivity index (χ4n) is 1.41. The molecule has 1 atom stereocenters. The molecule has 1 aromatic carbocycles. The molecule has 16 heavy (non-hydrogen) atoms. The van der Waals surface area contributed by atoms with Crippen LogP contribution in [-0.4, -0.2) is 5.91 Å². The van der Waals surface area contributed by atoms with Crippen LogP contribution < -0.4 is 5.32 Å². The van der Waals surface area contributed by atoms with Crippen molar-refractivity contribution in [3.8, 4) is 0 Å². The second-order valence-corrected chi connectivity index (χ2v) is 5.13. The quantitative estimate of drug-likeness (QED) is 0.873. The largest absolute Gasteiger partial charge is 0.325 e. The summed E-state index contributed by atoms with van der Waals surface area (Å²) in [6.45, 7) is 3.99. The van der Waals surface area contributed by atoms with Crippen molar-refractivity contribution < 1.29 is 4.79 Å². The summed E-state index contributed by atoms with van der Waals surface area (Å²) in [4.78, 5) is 11.8. The molecule has 88 valence electrons. The molecule has 0 saturated carbocycles. The summed E-state index contributed by atoms with van der Waals surface area (Å²) in [6.07, 6.45) is 1.89. The fraction of sp³-hybridized carbons (Fsp3) is 0.417. The Morgan fingerprint density at radius 1 is 1.56 bits per heavy atom. The Morgan fingerprint density at radius 3 is 2.81 bits per heavy atom. The molecule has 1 amide bonds. The van der Waals surface area contributed by atoms with Gasteiger partial charge in [-0.05, 0) is 24.6 Å². The van der Waals surface area contributed by atoms with Gasteiger partial charge in [0.05, 0.1) is 10.7 Å². The Kier molecular flexibility index (Phi) is 5.29. The monoisotopic (exact) mass is 303 g/mol. The summed E-state index contributed by atoms with van der Waals surface area (Å²) in [5.74, 6) is 0.0378. The molecule has 1 rings (SSSR count). The lowest BCUT2D eigenvalue weighted by molar-refractivity contribution is -0.119. The number of anilines is 1. The van der Waals surface area contributed by atoms with Crippen LogP contribution >= 0.6 is 27.5 Å². The van der Waals surface area contributed by atoms with Gasteiger partial charge in [0.1, 0.15) is 0 Å². The molecule has 2 nitrogen and oxygen atoms in total. The first-order chi connectivity index (χ1) is 7.54. The van der Waals surface area contributed by atoms with Gasteiger partial charge < -0.3 is 5.32 Å². The van der Waals surface area contributed by atoms with E-state index in [0.717, 1.165) is 17.3 Å². The average Bonchev–Trinajstić information content (AvgIpc) is 2.22. The first-order valence-corrected chi connectivity index (χ1v) is 6.47. The molecule has 0 aliphatic heterocycles. The maximum Gasteiger partial charge on any atom is 0.227 e. The van der Waals surface area contributed by atoms with Gasteiger partial charge in [0.2, 0.25) is 5.91 Å². The summed E-state index contributed by atoms with van der Waals surface area (Å²) < 4.78 is 0.900. The van der Waals surface area contributed by atoms with E-state index in [0.29, 0.717) is 10.7 Å². The van der Waals surface area contributed by atoms with Crippen molar-refractivity contribution in [2.45, 2.75) is 26.7 Å². The van der Waals surface area contributed by atoms with Crippen LogP contribution in [0.15, 0.2) is 22.7 Å². The Labute approximate surface area is 110 Å². The van der Waals surface area contributed by atoms with Crippen LogP contribution in [0.3, 0.4) is 0 Å². The second kappa shape index (κ2) is 6.26. The molecular weight excluding hydrogens is 289 g/mol. The van der Waals surface area contributed by atoms with Gasteiger partial charge in [0.25, 0.3) is 0 Å². The number of rotatable bonds is 4. The SMILES string of the molecule is CCCC(C)C(=O)Nc1ccc(Br)cc1Cl. The van der Waals surface area contributed by atoms with Gasteiger partial charge in [0.15, 0.2) is 0 Å². The third-order valence-electron chi connectivity index (χ3n) is 2.36. The summed E-state index contributed by atoms with van der Waals surface area (Å²) >= 11 is 9.33. The van der Waals surface area contributed by atoms with Gasteiger partial charge in [-0.25, -0.2) is 0 Å². The first-order valence-electron chi connectivity index (χ1n) is 5.30. The van der Waals surface area contributed by atoms with Gasteiger partial charge in [-0.2, -0.15) is 0 Å². The lowest BCUT2D eigenvalue weighted by atomic mass is 10.1. The zero-order valence-corrected chi connectivity index (χ0v) is 11.7. The number of nitrogens with one attached hydrogen (secondary N) is 1. The highest BCUT2D eigenvalue weighted by Gasteiger charge is 2.13. The van der Waals surface area contributed by atoms with Gasteiger partial charge in [-0.3, -0.25) is 4.79 Å². The highest BCUT2D eigenvalue weighted by atomic mass is 79.9.